The number of oxazole rings is 1. The molecule has 0 unspecified atom stereocenters. The minimum Gasteiger partial charge on any atom is -0.428 e. The summed E-state index contributed by atoms with van der Waals surface area (Å²) in [6.07, 6.45) is 0. The number of nitrogens with zero attached hydrogens (tertiary/aromatic N) is 2. The van der Waals surface area contributed by atoms with Crippen LogP contribution >= 0.6 is 0 Å². The SMILES string of the molecule is CCN(CC)C(=O)CS(=O)(=O)c1nc2cc(N)ccc2o1. The van der Waals surface area contributed by atoms with Gasteiger partial charge in [-0.3, -0.25) is 4.79 Å². The maximum atomic E-state index is 12.2. The van der Waals surface area contributed by atoms with Crippen LogP contribution in [0.4, 0.5) is 5.69 Å². The van der Waals surface area contributed by atoms with Crippen LogP contribution in [-0.2, 0) is 14.6 Å². The second-order valence-corrected chi connectivity index (χ2v) is 6.40. The first-order chi connectivity index (χ1) is 9.87. The predicted molar refractivity (Wildman–Crippen MR) is 78.4 cm³/mol. The molecule has 1 amide bonds. The van der Waals surface area contributed by atoms with Crippen molar-refractivity contribution in [2.24, 2.45) is 0 Å². The highest BCUT2D eigenvalue weighted by Gasteiger charge is 2.27. The first kappa shape index (κ1) is 15.3. The third kappa shape index (κ3) is 3.15. The molecule has 2 aromatic rings. The van der Waals surface area contributed by atoms with Crippen molar-refractivity contribution in [1.29, 1.82) is 0 Å². The highest BCUT2D eigenvalue weighted by atomic mass is 32.2. The largest absolute Gasteiger partial charge is 0.428 e. The van der Waals surface area contributed by atoms with Crippen molar-refractivity contribution in [3.8, 4) is 0 Å². The number of hydrogen-bond donors (Lipinski definition) is 1. The molecule has 1 aromatic heterocycles. The maximum absolute atomic E-state index is 12.2. The summed E-state index contributed by atoms with van der Waals surface area (Å²) < 4.78 is 29.6. The lowest BCUT2D eigenvalue weighted by molar-refractivity contribution is -0.128. The Balaban J connectivity index is 2.31. The molecule has 0 spiro atoms. The van der Waals surface area contributed by atoms with Crippen LogP contribution in [0.5, 0.6) is 0 Å². The Morgan fingerprint density at radius 2 is 2.00 bits per heavy atom. The Kier molecular flexibility index (Phi) is 4.17. The molecule has 0 aliphatic carbocycles. The molecule has 2 N–H and O–H groups in total. The van der Waals surface area contributed by atoms with Gasteiger partial charge in [0, 0.05) is 18.8 Å². The number of aromatic nitrogens is 1. The van der Waals surface area contributed by atoms with Gasteiger partial charge in [-0.1, -0.05) is 0 Å². The van der Waals surface area contributed by atoms with E-state index in [9.17, 15) is 13.2 Å². The van der Waals surface area contributed by atoms with Gasteiger partial charge in [0.2, 0.25) is 15.7 Å². The second-order valence-electron chi connectivity index (χ2n) is 4.53. The van der Waals surface area contributed by atoms with E-state index in [-0.39, 0.29) is 0 Å². The third-order valence-electron chi connectivity index (χ3n) is 3.09. The average molecular weight is 311 g/mol. The number of carbonyl (C=O) groups is 1. The van der Waals surface area contributed by atoms with Gasteiger partial charge in [0.1, 0.15) is 11.3 Å². The van der Waals surface area contributed by atoms with Crippen molar-refractivity contribution < 1.29 is 17.6 Å². The Morgan fingerprint density at radius 3 is 2.62 bits per heavy atom. The number of carbonyl (C=O) groups excluding carboxylic acids is 1. The third-order valence-corrected chi connectivity index (χ3v) is 4.42. The number of sulfone groups is 1. The van der Waals surface area contributed by atoms with Gasteiger partial charge in [-0.2, -0.15) is 4.98 Å². The molecular weight excluding hydrogens is 294 g/mol. The summed E-state index contributed by atoms with van der Waals surface area (Å²) >= 11 is 0. The number of benzene rings is 1. The van der Waals surface area contributed by atoms with E-state index in [2.05, 4.69) is 4.98 Å². The van der Waals surface area contributed by atoms with Crippen LogP contribution in [0.25, 0.3) is 11.1 Å². The Labute approximate surface area is 122 Å². The summed E-state index contributed by atoms with van der Waals surface area (Å²) in [6, 6.07) is 4.65. The molecule has 114 valence electrons. The smallest absolute Gasteiger partial charge is 0.316 e. The fourth-order valence-corrected chi connectivity index (χ4v) is 3.03. The van der Waals surface area contributed by atoms with Gasteiger partial charge in [-0.05, 0) is 32.0 Å². The van der Waals surface area contributed by atoms with E-state index in [1.165, 1.54) is 11.0 Å². The summed E-state index contributed by atoms with van der Waals surface area (Å²) in [5.41, 5.74) is 6.73. The van der Waals surface area contributed by atoms with Crippen molar-refractivity contribution in [1.82, 2.24) is 9.88 Å². The first-order valence-electron chi connectivity index (χ1n) is 6.54. The second kappa shape index (κ2) is 5.72. The average Bonchev–Trinajstić information content (AvgIpc) is 2.83. The Morgan fingerprint density at radius 1 is 1.33 bits per heavy atom. The number of fused-ring (bicyclic) bond motifs is 1. The van der Waals surface area contributed by atoms with Gasteiger partial charge in [-0.25, -0.2) is 8.42 Å². The van der Waals surface area contributed by atoms with E-state index in [0.29, 0.717) is 29.9 Å². The van der Waals surface area contributed by atoms with Crippen LogP contribution in [0, 0.1) is 0 Å². The molecule has 1 aromatic carbocycles. The van der Waals surface area contributed by atoms with Gasteiger partial charge in [0.25, 0.3) is 0 Å². The number of nitrogens with two attached hydrogens (primary N) is 1. The first-order valence-corrected chi connectivity index (χ1v) is 8.19. The summed E-state index contributed by atoms with van der Waals surface area (Å²) in [6.45, 7) is 4.48. The van der Waals surface area contributed by atoms with Crippen molar-refractivity contribution in [2.75, 3.05) is 24.6 Å². The van der Waals surface area contributed by atoms with Crippen molar-refractivity contribution in [2.45, 2.75) is 19.1 Å². The maximum Gasteiger partial charge on any atom is 0.316 e. The molecule has 21 heavy (non-hydrogen) atoms. The predicted octanol–water partition coefficient (Wildman–Crippen LogP) is 1.05. The van der Waals surface area contributed by atoms with Crippen LogP contribution in [0.15, 0.2) is 27.8 Å². The highest BCUT2D eigenvalue weighted by Crippen LogP contribution is 2.21. The molecule has 2 rings (SSSR count). The molecule has 1 heterocycles. The monoisotopic (exact) mass is 311 g/mol. The van der Waals surface area contributed by atoms with Crippen LogP contribution in [0.1, 0.15) is 13.8 Å². The van der Waals surface area contributed by atoms with Crippen molar-refractivity contribution in [3.63, 3.8) is 0 Å². The summed E-state index contributed by atoms with van der Waals surface area (Å²) in [4.78, 5) is 17.3. The minimum absolute atomic E-state index is 0.318. The molecule has 7 nitrogen and oxygen atoms in total. The fourth-order valence-electron chi connectivity index (χ4n) is 1.95. The van der Waals surface area contributed by atoms with E-state index < -0.39 is 26.7 Å². The molecule has 0 radical (unpaired) electrons. The number of amides is 1. The van der Waals surface area contributed by atoms with E-state index in [1.54, 1.807) is 26.0 Å². The Bertz CT molecular complexity index is 763. The van der Waals surface area contributed by atoms with Crippen molar-refractivity contribution >= 4 is 32.5 Å². The van der Waals surface area contributed by atoms with E-state index in [1.807, 2.05) is 0 Å². The zero-order valence-electron chi connectivity index (χ0n) is 11.9. The fraction of sp³-hybridized carbons (Fsp3) is 0.385. The van der Waals surface area contributed by atoms with E-state index in [0.717, 1.165) is 0 Å². The van der Waals surface area contributed by atoms with Gasteiger partial charge in [0.15, 0.2) is 5.58 Å². The molecule has 0 fully saturated rings. The van der Waals surface area contributed by atoms with Gasteiger partial charge in [-0.15, -0.1) is 0 Å². The lowest BCUT2D eigenvalue weighted by Gasteiger charge is -2.17. The molecule has 0 saturated heterocycles. The van der Waals surface area contributed by atoms with E-state index in [4.69, 9.17) is 10.2 Å². The van der Waals surface area contributed by atoms with Crippen molar-refractivity contribution in [3.05, 3.63) is 18.2 Å². The van der Waals surface area contributed by atoms with Gasteiger partial charge < -0.3 is 15.1 Å². The molecule has 0 saturated carbocycles. The van der Waals surface area contributed by atoms with Crippen LogP contribution in [0.2, 0.25) is 0 Å². The zero-order chi connectivity index (χ0) is 15.6. The Hall–Kier alpha value is -2.09. The van der Waals surface area contributed by atoms with Gasteiger partial charge in [0.05, 0.1) is 0 Å². The number of rotatable bonds is 5. The highest BCUT2D eigenvalue weighted by molar-refractivity contribution is 7.91. The lowest BCUT2D eigenvalue weighted by atomic mass is 10.3. The van der Waals surface area contributed by atoms with E-state index >= 15 is 0 Å². The standard InChI is InChI=1S/C13H17N3O4S/c1-3-16(4-2)12(17)8-21(18,19)13-15-10-7-9(14)5-6-11(10)20-13/h5-7H,3-4,8,14H2,1-2H3. The van der Waals surface area contributed by atoms with Crippen LogP contribution in [0.3, 0.4) is 0 Å². The molecule has 8 heteroatoms. The summed E-state index contributed by atoms with van der Waals surface area (Å²) in [5, 5.41) is -0.455. The normalized spacial score (nSPS) is 11.7. The molecular formula is C13H17N3O4S. The number of nitrogen functional groups attached to an aromatic ring is 1. The van der Waals surface area contributed by atoms with Crippen LogP contribution < -0.4 is 5.73 Å². The zero-order valence-corrected chi connectivity index (χ0v) is 12.7. The molecule has 0 aliphatic rings. The molecule has 0 bridgehead atoms. The van der Waals surface area contributed by atoms with Crippen LogP contribution in [-0.4, -0.2) is 43.1 Å². The molecule has 0 aliphatic heterocycles. The lowest BCUT2D eigenvalue weighted by Crippen LogP contribution is -2.35. The molecule has 0 atom stereocenters. The number of anilines is 1. The minimum atomic E-state index is -3.91. The summed E-state index contributed by atoms with van der Waals surface area (Å²) in [7, 11) is -3.91. The summed E-state index contributed by atoms with van der Waals surface area (Å²) in [5.74, 6) is -1.13. The topological polar surface area (TPSA) is 106 Å². The van der Waals surface area contributed by atoms with Gasteiger partial charge >= 0.3 is 5.22 Å². The quantitative estimate of drug-likeness (QED) is 0.827. The number of hydrogen-bond acceptors (Lipinski definition) is 6.